The second kappa shape index (κ2) is 9.50. The van der Waals surface area contributed by atoms with Gasteiger partial charge in [0.2, 0.25) is 0 Å². The number of aliphatic imine (C=N–C) groups is 1. The van der Waals surface area contributed by atoms with E-state index in [2.05, 4.69) is 47.6 Å². The van der Waals surface area contributed by atoms with Crippen molar-refractivity contribution in [3.8, 4) is 5.75 Å². The molecule has 0 bridgehead atoms. The Labute approximate surface area is 147 Å². The highest BCUT2D eigenvalue weighted by Crippen LogP contribution is 2.29. The lowest BCUT2D eigenvalue weighted by atomic mass is 10.2. The van der Waals surface area contributed by atoms with Crippen LogP contribution in [0.3, 0.4) is 0 Å². The molecule has 0 aromatic heterocycles. The number of benzene rings is 1. The van der Waals surface area contributed by atoms with E-state index < -0.39 is 6.36 Å². The van der Waals surface area contributed by atoms with Crippen molar-refractivity contribution in [2.75, 3.05) is 18.4 Å². The summed E-state index contributed by atoms with van der Waals surface area (Å²) in [7, 11) is 0. The van der Waals surface area contributed by atoms with Crippen molar-refractivity contribution >= 4 is 11.6 Å². The first-order valence-corrected chi connectivity index (χ1v) is 8.27. The first-order chi connectivity index (χ1) is 11.6. The zero-order valence-corrected chi connectivity index (χ0v) is 15.1. The molecule has 0 saturated carbocycles. The number of alkyl halides is 3. The summed E-state index contributed by atoms with van der Waals surface area (Å²) >= 11 is 0. The van der Waals surface area contributed by atoms with Crippen molar-refractivity contribution in [3.63, 3.8) is 0 Å². The fraction of sp³-hybridized carbons (Fsp3) is 0.588. The summed E-state index contributed by atoms with van der Waals surface area (Å²) in [6.45, 7) is 9.90. The van der Waals surface area contributed by atoms with Crippen LogP contribution in [0.25, 0.3) is 0 Å². The lowest BCUT2D eigenvalue weighted by Crippen LogP contribution is -2.38. The second-order valence-corrected chi connectivity index (χ2v) is 6.21. The molecule has 0 atom stereocenters. The van der Waals surface area contributed by atoms with Crippen LogP contribution in [-0.2, 0) is 0 Å². The van der Waals surface area contributed by atoms with Gasteiger partial charge in [-0.15, -0.1) is 13.2 Å². The highest BCUT2D eigenvalue weighted by molar-refractivity contribution is 5.93. The SMILES string of the molecule is CC(C)N(CCCN=C(N)Nc1ccccc1OC(F)(F)F)C(C)C. The molecule has 0 heterocycles. The smallest absolute Gasteiger partial charge is 0.404 e. The van der Waals surface area contributed by atoms with Crippen molar-refractivity contribution in [1.82, 2.24) is 4.90 Å². The van der Waals surface area contributed by atoms with E-state index in [9.17, 15) is 13.2 Å². The minimum atomic E-state index is -4.76. The number of ether oxygens (including phenoxy) is 1. The van der Waals surface area contributed by atoms with Gasteiger partial charge in [0.1, 0.15) is 0 Å². The van der Waals surface area contributed by atoms with Gasteiger partial charge in [-0.25, -0.2) is 0 Å². The summed E-state index contributed by atoms with van der Waals surface area (Å²) in [6, 6.07) is 6.57. The normalized spacial score (nSPS) is 13.0. The average molecular weight is 360 g/mol. The van der Waals surface area contributed by atoms with Gasteiger partial charge in [-0.3, -0.25) is 9.89 Å². The number of halogens is 3. The maximum absolute atomic E-state index is 12.4. The van der Waals surface area contributed by atoms with Crippen LogP contribution in [-0.4, -0.2) is 42.4 Å². The Morgan fingerprint density at radius 2 is 1.80 bits per heavy atom. The maximum Gasteiger partial charge on any atom is 0.573 e. The van der Waals surface area contributed by atoms with Crippen molar-refractivity contribution < 1.29 is 17.9 Å². The largest absolute Gasteiger partial charge is 0.573 e. The molecule has 25 heavy (non-hydrogen) atoms. The van der Waals surface area contributed by atoms with Crippen molar-refractivity contribution in [2.24, 2.45) is 10.7 Å². The monoisotopic (exact) mass is 360 g/mol. The molecule has 1 aromatic rings. The third-order valence-electron chi connectivity index (χ3n) is 3.56. The Bertz CT molecular complexity index is 551. The number of hydrogen-bond acceptors (Lipinski definition) is 3. The van der Waals surface area contributed by atoms with Gasteiger partial charge in [0.25, 0.3) is 0 Å². The van der Waals surface area contributed by atoms with E-state index in [1.165, 1.54) is 18.2 Å². The molecular weight excluding hydrogens is 333 g/mol. The molecule has 0 fully saturated rings. The summed E-state index contributed by atoms with van der Waals surface area (Å²) < 4.78 is 41.2. The zero-order valence-electron chi connectivity index (χ0n) is 15.1. The summed E-state index contributed by atoms with van der Waals surface area (Å²) in [5.41, 5.74) is 5.88. The number of rotatable bonds is 8. The first kappa shape index (κ1) is 21.1. The van der Waals surface area contributed by atoms with Crippen LogP contribution < -0.4 is 15.8 Å². The molecule has 1 aromatic carbocycles. The van der Waals surface area contributed by atoms with Crippen LogP contribution in [0.1, 0.15) is 34.1 Å². The fourth-order valence-electron chi connectivity index (χ4n) is 2.53. The molecule has 5 nitrogen and oxygen atoms in total. The number of para-hydroxylation sites is 2. The van der Waals surface area contributed by atoms with E-state index in [1.54, 1.807) is 6.07 Å². The highest BCUT2D eigenvalue weighted by atomic mass is 19.4. The Hall–Kier alpha value is -1.96. The molecule has 0 aliphatic heterocycles. The molecule has 142 valence electrons. The minimum absolute atomic E-state index is 0.0545. The quantitative estimate of drug-likeness (QED) is 0.420. The van der Waals surface area contributed by atoms with Crippen LogP contribution in [0.5, 0.6) is 5.75 Å². The number of nitrogens with zero attached hydrogens (tertiary/aromatic N) is 2. The fourth-order valence-corrected chi connectivity index (χ4v) is 2.53. The lowest BCUT2D eigenvalue weighted by Gasteiger charge is -2.30. The lowest BCUT2D eigenvalue weighted by molar-refractivity contribution is -0.274. The predicted molar refractivity (Wildman–Crippen MR) is 94.8 cm³/mol. The van der Waals surface area contributed by atoms with Crippen LogP contribution in [0, 0.1) is 0 Å². The Morgan fingerprint density at radius 3 is 2.36 bits per heavy atom. The van der Waals surface area contributed by atoms with Crippen LogP contribution in [0.15, 0.2) is 29.3 Å². The van der Waals surface area contributed by atoms with Gasteiger partial charge in [0.05, 0.1) is 5.69 Å². The van der Waals surface area contributed by atoms with Crippen molar-refractivity contribution in [3.05, 3.63) is 24.3 Å². The van der Waals surface area contributed by atoms with E-state index in [-0.39, 0.29) is 17.4 Å². The number of hydrogen-bond donors (Lipinski definition) is 2. The summed E-state index contributed by atoms with van der Waals surface area (Å²) in [5, 5.41) is 2.66. The molecule has 0 spiro atoms. The maximum atomic E-state index is 12.4. The van der Waals surface area contributed by atoms with Gasteiger partial charge in [0.15, 0.2) is 11.7 Å². The van der Waals surface area contributed by atoms with E-state index in [0.717, 1.165) is 13.0 Å². The Kier molecular flexibility index (Phi) is 8.02. The van der Waals surface area contributed by atoms with Crippen LogP contribution in [0.2, 0.25) is 0 Å². The standard InChI is InChI=1S/C17H27F3N4O/c1-12(2)24(13(3)4)11-7-10-22-16(21)23-14-8-5-6-9-15(14)25-17(18,19)20/h5-6,8-9,12-13H,7,10-11H2,1-4H3,(H3,21,22,23). The van der Waals surface area contributed by atoms with E-state index in [4.69, 9.17) is 5.73 Å². The van der Waals surface area contributed by atoms with Gasteiger partial charge in [-0.05, 0) is 46.2 Å². The van der Waals surface area contributed by atoms with E-state index in [1.807, 2.05) is 0 Å². The molecule has 0 aliphatic carbocycles. The number of nitrogens with two attached hydrogens (primary N) is 1. The van der Waals surface area contributed by atoms with Gasteiger partial charge >= 0.3 is 6.36 Å². The average Bonchev–Trinajstić information content (AvgIpc) is 2.46. The highest BCUT2D eigenvalue weighted by Gasteiger charge is 2.32. The van der Waals surface area contributed by atoms with Gasteiger partial charge in [-0.2, -0.15) is 0 Å². The molecule has 8 heteroatoms. The van der Waals surface area contributed by atoms with E-state index in [0.29, 0.717) is 18.6 Å². The second-order valence-electron chi connectivity index (χ2n) is 6.21. The molecular formula is C17H27F3N4O. The molecule has 1 rings (SSSR count). The molecule has 0 saturated heterocycles. The summed E-state index contributed by atoms with van der Waals surface area (Å²) in [5.74, 6) is -0.294. The molecule has 0 radical (unpaired) electrons. The zero-order chi connectivity index (χ0) is 19.0. The van der Waals surface area contributed by atoms with Crippen molar-refractivity contribution in [2.45, 2.75) is 52.6 Å². The Balaban J connectivity index is 2.59. The third-order valence-corrected chi connectivity index (χ3v) is 3.56. The molecule has 3 N–H and O–H groups in total. The van der Waals surface area contributed by atoms with Crippen LogP contribution in [0.4, 0.5) is 18.9 Å². The number of guanidine groups is 1. The predicted octanol–water partition coefficient (Wildman–Crippen LogP) is 3.82. The van der Waals surface area contributed by atoms with Gasteiger partial charge in [-0.1, -0.05) is 12.1 Å². The molecule has 0 amide bonds. The summed E-state index contributed by atoms with van der Waals surface area (Å²) in [6.07, 6.45) is -3.96. The molecule has 0 unspecified atom stereocenters. The van der Waals surface area contributed by atoms with Gasteiger partial charge in [0, 0.05) is 25.2 Å². The summed E-state index contributed by atoms with van der Waals surface area (Å²) in [4.78, 5) is 6.51. The van der Waals surface area contributed by atoms with Crippen LogP contribution >= 0.6 is 0 Å². The Morgan fingerprint density at radius 1 is 1.20 bits per heavy atom. The van der Waals surface area contributed by atoms with Gasteiger partial charge < -0.3 is 15.8 Å². The molecule has 0 aliphatic rings. The minimum Gasteiger partial charge on any atom is -0.404 e. The third kappa shape index (κ3) is 8.11. The first-order valence-electron chi connectivity index (χ1n) is 8.27. The number of nitrogens with one attached hydrogen (secondary N) is 1. The van der Waals surface area contributed by atoms with Crippen molar-refractivity contribution in [1.29, 1.82) is 0 Å². The van der Waals surface area contributed by atoms with E-state index >= 15 is 0 Å². The topological polar surface area (TPSA) is 62.9 Å². The number of anilines is 1.